The Morgan fingerprint density at radius 2 is 1.82 bits per heavy atom. The van der Waals surface area contributed by atoms with E-state index in [4.69, 9.17) is 39.1 Å². The van der Waals surface area contributed by atoms with Crippen molar-refractivity contribution in [3.63, 3.8) is 0 Å². The Bertz CT molecular complexity index is 1360. The highest BCUT2D eigenvalue weighted by Crippen LogP contribution is 2.40. The number of ether oxygens (including phenoxy) is 2. The number of nitrogens with zero attached hydrogens (tertiary/aromatic N) is 1. The summed E-state index contributed by atoms with van der Waals surface area (Å²) < 4.78 is 12.0. The summed E-state index contributed by atoms with van der Waals surface area (Å²) in [7, 11) is 1.58. The molecule has 0 aliphatic carbocycles. The predicted octanol–water partition coefficient (Wildman–Crippen LogP) is 6.36. The monoisotopic (exact) mass is 601 g/mol. The third-order valence-electron chi connectivity index (χ3n) is 6.38. The molecule has 40 heavy (non-hydrogen) atoms. The number of hydrogen-bond acceptors (Lipinski definition) is 5. The molecule has 2 N–H and O–H groups in total. The minimum absolute atomic E-state index is 0. The second kappa shape index (κ2) is 15.1. The van der Waals surface area contributed by atoms with E-state index >= 15 is 0 Å². The first-order valence-electron chi connectivity index (χ1n) is 12.5. The zero-order chi connectivity index (χ0) is 27.8. The van der Waals surface area contributed by atoms with E-state index in [2.05, 4.69) is 16.6 Å². The molecule has 2 atom stereocenters. The number of fused-ring (bicyclic) bond motifs is 1. The maximum Gasteiger partial charge on any atom is 0.260 e. The van der Waals surface area contributed by atoms with Crippen LogP contribution in [0, 0.1) is 12.3 Å². The van der Waals surface area contributed by atoms with E-state index < -0.39 is 6.23 Å². The van der Waals surface area contributed by atoms with Crippen LogP contribution in [0.4, 0.5) is 11.4 Å². The summed E-state index contributed by atoms with van der Waals surface area (Å²) >= 11 is 12.5. The molecule has 0 spiro atoms. The molecule has 1 aliphatic rings. The third-order valence-corrected chi connectivity index (χ3v) is 6.95. The molecule has 0 saturated carbocycles. The fourth-order valence-corrected chi connectivity index (χ4v) is 4.89. The summed E-state index contributed by atoms with van der Waals surface area (Å²) in [6, 6.07) is 18.9. The van der Waals surface area contributed by atoms with E-state index in [1.54, 1.807) is 66.6 Å². The minimum Gasteiger partial charge on any atom is -0.372 e. The van der Waals surface area contributed by atoms with Gasteiger partial charge in [-0.2, -0.15) is 0 Å². The standard InChI is InChI=1S/C30H29Cl2N3O4.ClH/c1-3-16-33-17-18-39-27-14-15-28(38-2)35(26-13-10-21(31)19-24(26)27)30(37)20-8-11-22(12-9-20)34-29(36)23-6-4-5-7-25(23)32;/h1,4-13,19,27-28,33H,14-18H2,2H3,(H,34,36);1H. The number of benzene rings is 3. The summed E-state index contributed by atoms with van der Waals surface area (Å²) in [6.45, 7) is 1.52. The quantitative estimate of drug-likeness (QED) is 0.220. The van der Waals surface area contributed by atoms with Gasteiger partial charge < -0.3 is 20.1 Å². The van der Waals surface area contributed by atoms with Gasteiger partial charge in [-0.25, -0.2) is 0 Å². The van der Waals surface area contributed by atoms with E-state index in [1.165, 1.54) is 0 Å². The maximum absolute atomic E-state index is 13.8. The molecule has 0 aromatic heterocycles. The van der Waals surface area contributed by atoms with Crippen molar-refractivity contribution in [1.29, 1.82) is 0 Å². The van der Waals surface area contributed by atoms with Gasteiger partial charge in [0.15, 0.2) is 0 Å². The Labute approximate surface area is 250 Å². The molecule has 1 heterocycles. The molecule has 4 rings (SSSR count). The van der Waals surface area contributed by atoms with Crippen molar-refractivity contribution in [2.75, 3.05) is 37.0 Å². The fourth-order valence-electron chi connectivity index (χ4n) is 4.49. The van der Waals surface area contributed by atoms with Crippen molar-refractivity contribution in [3.05, 3.63) is 93.5 Å². The molecular formula is C30H30Cl3N3O4. The van der Waals surface area contributed by atoms with Gasteiger partial charge in [-0.05, 0) is 67.4 Å². The summed E-state index contributed by atoms with van der Waals surface area (Å²) in [5.41, 5.74) is 2.83. The smallest absolute Gasteiger partial charge is 0.260 e. The molecule has 0 bridgehead atoms. The lowest BCUT2D eigenvalue weighted by atomic mass is 10.0. The Balaban J connectivity index is 0.00000441. The Hall–Kier alpha value is -3.09. The SMILES string of the molecule is C#CCNCCOC1CCC(OC)N(C(=O)c2ccc(NC(=O)c3ccccc3Cl)cc2)c2ccc(Cl)cc21.Cl. The molecule has 0 saturated heterocycles. The van der Waals surface area contributed by atoms with E-state index in [9.17, 15) is 9.59 Å². The van der Waals surface area contributed by atoms with Crippen LogP contribution in [-0.4, -0.2) is 44.8 Å². The number of hydrogen-bond donors (Lipinski definition) is 2. The molecule has 210 valence electrons. The molecule has 3 aromatic carbocycles. The van der Waals surface area contributed by atoms with Crippen LogP contribution in [0.25, 0.3) is 0 Å². The van der Waals surface area contributed by atoms with Crippen molar-refractivity contribution < 1.29 is 19.1 Å². The highest BCUT2D eigenvalue weighted by Gasteiger charge is 2.34. The van der Waals surface area contributed by atoms with Gasteiger partial charge in [0.2, 0.25) is 0 Å². The first-order valence-corrected chi connectivity index (χ1v) is 13.3. The lowest BCUT2D eigenvalue weighted by molar-refractivity contribution is 0.0325. The summed E-state index contributed by atoms with van der Waals surface area (Å²) in [5.74, 6) is 1.96. The van der Waals surface area contributed by atoms with E-state index in [1.807, 2.05) is 12.1 Å². The van der Waals surface area contributed by atoms with Crippen molar-refractivity contribution in [2.45, 2.75) is 25.2 Å². The number of nitrogens with one attached hydrogen (secondary N) is 2. The van der Waals surface area contributed by atoms with Crippen LogP contribution in [0.5, 0.6) is 0 Å². The van der Waals surface area contributed by atoms with Gasteiger partial charge in [0, 0.05) is 35.5 Å². The second-order valence-electron chi connectivity index (χ2n) is 8.90. The Morgan fingerprint density at radius 1 is 1.07 bits per heavy atom. The summed E-state index contributed by atoms with van der Waals surface area (Å²) in [6.07, 6.45) is 5.70. The normalized spacial score (nSPS) is 16.2. The molecule has 0 fully saturated rings. The third kappa shape index (κ3) is 7.55. The molecule has 3 aromatic rings. The van der Waals surface area contributed by atoms with Crippen molar-refractivity contribution in [3.8, 4) is 12.3 Å². The number of rotatable bonds is 9. The van der Waals surface area contributed by atoms with Crippen molar-refractivity contribution in [2.24, 2.45) is 0 Å². The molecule has 10 heteroatoms. The van der Waals surface area contributed by atoms with Crippen LogP contribution in [0.1, 0.15) is 45.2 Å². The van der Waals surface area contributed by atoms with E-state index in [0.29, 0.717) is 65.1 Å². The van der Waals surface area contributed by atoms with Gasteiger partial charge in [-0.1, -0.05) is 41.3 Å². The largest absolute Gasteiger partial charge is 0.372 e. The number of carbonyl (C=O) groups excluding carboxylic acids is 2. The average molecular weight is 603 g/mol. The number of halogens is 3. The van der Waals surface area contributed by atoms with Crippen LogP contribution in [0.3, 0.4) is 0 Å². The Morgan fingerprint density at radius 3 is 2.52 bits per heavy atom. The van der Waals surface area contributed by atoms with E-state index in [-0.39, 0.29) is 30.3 Å². The molecule has 2 unspecified atom stereocenters. The lowest BCUT2D eigenvalue weighted by Crippen LogP contribution is -2.41. The van der Waals surface area contributed by atoms with Gasteiger partial charge in [-0.15, -0.1) is 18.8 Å². The first-order chi connectivity index (χ1) is 18.9. The number of carbonyl (C=O) groups is 2. The number of terminal acetylenes is 1. The van der Waals surface area contributed by atoms with Crippen molar-refractivity contribution >= 4 is 58.8 Å². The van der Waals surface area contributed by atoms with Gasteiger partial charge in [0.1, 0.15) is 6.23 Å². The molecular weight excluding hydrogens is 573 g/mol. The highest BCUT2D eigenvalue weighted by molar-refractivity contribution is 6.34. The Kier molecular flexibility index (Phi) is 11.8. The maximum atomic E-state index is 13.8. The van der Waals surface area contributed by atoms with Gasteiger partial charge in [-0.3, -0.25) is 14.5 Å². The zero-order valence-electron chi connectivity index (χ0n) is 21.9. The molecule has 1 aliphatic heterocycles. The molecule has 0 radical (unpaired) electrons. The van der Waals surface area contributed by atoms with Crippen LogP contribution in [0.15, 0.2) is 66.7 Å². The fraction of sp³-hybridized carbons (Fsp3) is 0.267. The summed E-state index contributed by atoms with van der Waals surface area (Å²) in [4.78, 5) is 28.1. The number of methoxy groups -OCH3 is 1. The molecule has 2 amide bonds. The van der Waals surface area contributed by atoms with Gasteiger partial charge in [0.05, 0.1) is 35.5 Å². The average Bonchev–Trinajstić information content (AvgIpc) is 3.09. The van der Waals surface area contributed by atoms with Crippen LogP contribution in [-0.2, 0) is 9.47 Å². The number of amides is 2. The van der Waals surface area contributed by atoms with Crippen LogP contribution < -0.4 is 15.5 Å². The first kappa shape index (κ1) is 31.4. The number of anilines is 2. The highest BCUT2D eigenvalue weighted by atomic mass is 35.5. The predicted molar refractivity (Wildman–Crippen MR) is 162 cm³/mol. The van der Waals surface area contributed by atoms with Crippen LogP contribution >= 0.6 is 35.6 Å². The second-order valence-corrected chi connectivity index (χ2v) is 9.74. The van der Waals surface area contributed by atoms with Crippen LogP contribution in [0.2, 0.25) is 10.0 Å². The topological polar surface area (TPSA) is 79.9 Å². The van der Waals surface area contributed by atoms with Crippen molar-refractivity contribution in [1.82, 2.24) is 5.32 Å². The van der Waals surface area contributed by atoms with Gasteiger partial charge in [0.25, 0.3) is 11.8 Å². The van der Waals surface area contributed by atoms with Gasteiger partial charge >= 0.3 is 0 Å². The zero-order valence-corrected chi connectivity index (χ0v) is 24.2. The lowest BCUT2D eigenvalue weighted by Gasteiger charge is -2.30. The minimum atomic E-state index is -0.509. The molecule has 7 nitrogen and oxygen atoms in total. The summed E-state index contributed by atoms with van der Waals surface area (Å²) in [5, 5.41) is 6.84. The van der Waals surface area contributed by atoms with E-state index in [0.717, 1.165) is 5.56 Å².